The van der Waals surface area contributed by atoms with Crippen molar-refractivity contribution in [3.8, 4) is 0 Å². The van der Waals surface area contributed by atoms with Gasteiger partial charge in [-0.1, -0.05) is 18.2 Å². The van der Waals surface area contributed by atoms with E-state index in [0.29, 0.717) is 5.54 Å². The van der Waals surface area contributed by atoms with Gasteiger partial charge in [-0.15, -0.1) is 0 Å². The van der Waals surface area contributed by atoms with E-state index in [4.69, 9.17) is 0 Å². The molecule has 78 valence electrons. The van der Waals surface area contributed by atoms with E-state index >= 15 is 0 Å². The predicted octanol–water partition coefficient (Wildman–Crippen LogP) is 2.40. The lowest BCUT2D eigenvalue weighted by Crippen LogP contribution is -2.32. The van der Waals surface area contributed by atoms with Gasteiger partial charge in [-0.3, -0.25) is 4.99 Å². The number of hydrogen-bond acceptors (Lipinski definition) is 3. The van der Waals surface area contributed by atoms with Crippen molar-refractivity contribution in [1.82, 2.24) is 5.32 Å². The van der Waals surface area contributed by atoms with Crippen molar-refractivity contribution in [1.29, 1.82) is 0 Å². The molecule has 1 N–H and O–H groups in total. The molecule has 1 atom stereocenters. The van der Waals surface area contributed by atoms with Crippen molar-refractivity contribution < 1.29 is 0 Å². The molecule has 0 saturated heterocycles. The van der Waals surface area contributed by atoms with Crippen LogP contribution < -0.4 is 5.32 Å². The summed E-state index contributed by atoms with van der Waals surface area (Å²) in [7, 11) is 0. The minimum absolute atomic E-state index is 0.403. The topological polar surface area (TPSA) is 24.4 Å². The predicted molar refractivity (Wildman–Crippen MR) is 61.8 cm³/mol. The summed E-state index contributed by atoms with van der Waals surface area (Å²) in [6, 6.07) is 0. The van der Waals surface area contributed by atoms with Crippen LogP contribution in [-0.4, -0.2) is 22.5 Å². The zero-order chi connectivity index (χ0) is 9.60. The minimum Gasteiger partial charge on any atom is -0.360 e. The Hall–Kier alpha value is -0.180. The van der Waals surface area contributed by atoms with Crippen LogP contribution in [0.5, 0.6) is 0 Å². The molecule has 0 aromatic carbocycles. The number of thioether (sulfide) groups is 1. The van der Waals surface area contributed by atoms with Crippen molar-refractivity contribution in [3.05, 3.63) is 0 Å². The molecule has 3 heteroatoms. The van der Waals surface area contributed by atoms with Crippen LogP contribution in [0.25, 0.3) is 0 Å². The first kappa shape index (κ1) is 9.08. The maximum Gasteiger partial charge on any atom is 0.157 e. The SMILES string of the molecule is CC1(NC2=NCC(C3CCC3)S2)CC1. The summed E-state index contributed by atoms with van der Waals surface area (Å²) < 4.78 is 0. The zero-order valence-electron chi connectivity index (χ0n) is 8.75. The van der Waals surface area contributed by atoms with Crippen LogP contribution >= 0.6 is 11.8 Å². The standard InChI is InChI=1S/C11H18N2S/c1-11(5-6-11)13-10-12-7-9(14-10)8-3-2-4-8/h8-9H,2-7H2,1H3,(H,12,13). The van der Waals surface area contributed by atoms with Crippen molar-refractivity contribution in [2.75, 3.05) is 6.54 Å². The average molecular weight is 210 g/mol. The van der Waals surface area contributed by atoms with Gasteiger partial charge in [0.1, 0.15) is 0 Å². The van der Waals surface area contributed by atoms with E-state index in [2.05, 4.69) is 17.2 Å². The molecule has 1 unspecified atom stereocenters. The van der Waals surface area contributed by atoms with Gasteiger partial charge in [-0.2, -0.15) is 0 Å². The molecule has 14 heavy (non-hydrogen) atoms. The molecule has 2 saturated carbocycles. The Morgan fingerprint density at radius 2 is 2.21 bits per heavy atom. The summed E-state index contributed by atoms with van der Waals surface area (Å²) in [6.45, 7) is 3.36. The Morgan fingerprint density at radius 1 is 1.43 bits per heavy atom. The first-order chi connectivity index (χ1) is 6.75. The van der Waals surface area contributed by atoms with Gasteiger partial charge >= 0.3 is 0 Å². The second-order valence-corrected chi connectivity index (χ2v) is 6.41. The van der Waals surface area contributed by atoms with E-state index in [1.807, 2.05) is 11.8 Å². The minimum atomic E-state index is 0.403. The quantitative estimate of drug-likeness (QED) is 0.757. The second kappa shape index (κ2) is 3.16. The van der Waals surface area contributed by atoms with Gasteiger partial charge in [0.25, 0.3) is 0 Å². The van der Waals surface area contributed by atoms with Crippen LogP contribution in [0.15, 0.2) is 4.99 Å². The molecule has 2 aliphatic carbocycles. The number of amidine groups is 1. The number of rotatable bonds is 2. The van der Waals surface area contributed by atoms with Gasteiger partial charge in [0.15, 0.2) is 5.17 Å². The molecule has 0 aromatic rings. The van der Waals surface area contributed by atoms with E-state index in [1.165, 1.54) is 37.3 Å². The van der Waals surface area contributed by atoms with Crippen molar-refractivity contribution in [2.45, 2.75) is 49.8 Å². The Morgan fingerprint density at radius 3 is 2.79 bits per heavy atom. The third-order valence-corrected chi connectivity index (χ3v) is 5.05. The number of nitrogens with one attached hydrogen (secondary N) is 1. The molecule has 0 bridgehead atoms. The zero-order valence-corrected chi connectivity index (χ0v) is 9.57. The summed E-state index contributed by atoms with van der Waals surface area (Å²) in [5, 5.41) is 5.60. The van der Waals surface area contributed by atoms with Gasteiger partial charge in [0, 0.05) is 10.8 Å². The van der Waals surface area contributed by atoms with E-state index in [1.54, 1.807) is 0 Å². The van der Waals surface area contributed by atoms with Crippen molar-refractivity contribution in [3.63, 3.8) is 0 Å². The van der Waals surface area contributed by atoms with Gasteiger partial charge in [-0.05, 0) is 38.5 Å². The molecule has 0 radical (unpaired) electrons. The van der Waals surface area contributed by atoms with E-state index in [9.17, 15) is 0 Å². The fourth-order valence-corrected chi connectivity index (χ4v) is 3.44. The Balaban J connectivity index is 1.52. The van der Waals surface area contributed by atoms with Crippen LogP contribution in [0.4, 0.5) is 0 Å². The van der Waals surface area contributed by atoms with Gasteiger partial charge in [0.05, 0.1) is 6.54 Å². The Kier molecular flexibility index (Phi) is 2.05. The summed E-state index contributed by atoms with van der Waals surface area (Å²) in [5.41, 5.74) is 0.403. The molecule has 2 nitrogen and oxygen atoms in total. The molecule has 1 heterocycles. The highest BCUT2D eigenvalue weighted by Gasteiger charge is 2.40. The summed E-state index contributed by atoms with van der Waals surface area (Å²) in [6.07, 6.45) is 6.97. The van der Waals surface area contributed by atoms with E-state index < -0.39 is 0 Å². The molecule has 0 aromatic heterocycles. The lowest BCUT2D eigenvalue weighted by atomic mass is 9.83. The number of nitrogens with zero attached hydrogens (tertiary/aromatic N) is 1. The Bertz CT molecular complexity index is 266. The van der Waals surface area contributed by atoms with Gasteiger partial charge in [-0.25, -0.2) is 0 Å². The van der Waals surface area contributed by atoms with Crippen LogP contribution in [0.3, 0.4) is 0 Å². The lowest BCUT2D eigenvalue weighted by Gasteiger charge is -2.30. The highest BCUT2D eigenvalue weighted by atomic mass is 32.2. The fraction of sp³-hybridized carbons (Fsp3) is 0.909. The van der Waals surface area contributed by atoms with Crippen molar-refractivity contribution >= 4 is 16.9 Å². The van der Waals surface area contributed by atoms with E-state index in [0.717, 1.165) is 17.7 Å². The molecular weight excluding hydrogens is 192 g/mol. The normalized spacial score (nSPS) is 34.9. The second-order valence-electron chi connectivity index (χ2n) is 5.18. The smallest absolute Gasteiger partial charge is 0.157 e. The summed E-state index contributed by atoms with van der Waals surface area (Å²) >= 11 is 2.00. The molecule has 2 fully saturated rings. The molecular formula is C11H18N2S. The average Bonchev–Trinajstić information content (AvgIpc) is 2.57. The molecule has 0 spiro atoms. The van der Waals surface area contributed by atoms with Crippen LogP contribution in [0.1, 0.15) is 39.0 Å². The molecule has 3 rings (SSSR count). The van der Waals surface area contributed by atoms with Gasteiger partial charge in [0.2, 0.25) is 0 Å². The molecule has 0 amide bonds. The highest BCUT2D eigenvalue weighted by molar-refractivity contribution is 8.14. The number of aliphatic imine (C=N–C) groups is 1. The maximum absolute atomic E-state index is 4.61. The summed E-state index contributed by atoms with van der Waals surface area (Å²) in [5.74, 6) is 0.968. The molecule has 1 aliphatic heterocycles. The van der Waals surface area contributed by atoms with Crippen LogP contribution in [-0.2, 0) is 0 Å². The maximum atomic E-state index is 4.61. The first-order valence-corrected chi connectivity index (χ1v) is 6.62. The Labute approximate surface area is 89.9 Å². The van der Waals surface area contributed by atoms with Crippen molar-refractivity contribution in [2.24, 2.45) is 10.9 Å². The largest absolute Gasteiger partial charge is 0.360 e. The first-order valence-electron chi connectivity index (χ1n) is 5.74. The third kappa shape index (κ3) is 1.67. The van der Waals surface area contributed by atoms with E-state index in [-0.39, 0.29) is 0 Å². The summed E-state index contributed by atoms with van der Waals surface area (Å²) in [4.78, 5) is 4.61. The highest BCUT2D eigenvalue weighted by Crippen LogP contribution is 2.41. The molecule has 3 aliphatic rings. The van der Waals surface area contributed by atoms with Crippen LogP contribution in [0, 0.1) is 5.92 Å². The monoisotopic (exact) mass is 210 g/mol. The number of hydrogen-bond donors (Lipinski definition) is 1. The van der Waals surface area contributed by atoms with Gasteiger partial charge < -0.3 is 5.32 Å². The van der Waals surface area contributed by atoms with Crippen LogP contribution in [0.2, 0.25) is 0 Å². The fourth-order valence-electron chi connectivity index (χ4n) is 2.09. The lowest BCUT2D eigenvalue weighted by molar-refractivity contribution is 0.311. The third-order valence-electron chi connectivity index (χ3n) is 3.76.